The zero-order valence-corrected chi connectivity index (χ0v) is 22.7. The van der Waals surface area contributed by atoms with Crippen molar-refractivity contribution >= 4 is 35.3 Å². The number of hydrazone groups is 1. The van der Waals surface area contributed by atoms with E-state index in [0.717, 1.165) is 18.7 Å². The lowest BCUT2D eigenvalue weighted by Gasteiger charge is -2.19. The fourth-order valence-corrected chi connectivity index (χ4v) is 3.72. The van der Waals surface area contributed by atoms with Crippen molar-refractivity contribution in [1.29, 1.82) is 0 Å². The first-order valence-electron chi connectivity index (χ1n) is 12.1. The lowest BCUT2D eigenvalue weighted by molar-refractivity contribution is -0.123. The van der Waals surface area contributed by atoms with Gasteiger partial charge in [0.15, 0.2) is 18.1 Å². The SMILES string of the molecule is COc1cc(/C=N/NC(=O)c2ccc(O)c(Cl)c2)cc(OC)c1OCC(=O)NCCCN(C)c1ccccc1. The molecule has 0 aliphatic heterocycles. The van der Waals surface area contributed by atoms with Gasteiger partial charge in [-0.1, -0.05) is 29.8 Å². The molecule has 3 aromatic carbocycles. The Kier molecular flexibility index (Phi) is 10.8. The van der Waals surface area contributed by atoms with Crippen molar-refractivity contribution < 1.29 is 28.9 Å². The van der Waals surface area contributed by atoms with E-state index < -0.39 is 5.91 Å². The summed E-state index contributed by atoms with van der Waals surface area (Å²) >= 11 is 5.84. The molecular weight excluding hydrogens is 524 g/mol. The van der Waals surface area contributed by atoms with E-state index in [1.807, 2.05) is 37.4 Å². The third kappa shape index (κ3) is 8.54. The van der Waals surface area contributed by atoms with E-state index in [0.29, 0.717) is 23.6 Å². The van der Waals surface area contributed by atoms with Crippen molar-refractivity contribution in [2.24, 2.45) is 5.10 Å². The predicted molar refractivity (Wildman–Crippen MR) is 151 cm³/mol. The van der Waals surface area contributed by atoms with Gasteiger partial charge in [0.2, 0.25) is 5.75 Å². The lowest BCUT2D eigenvalue weighted by atomic mass is 10.2. The molecular formula is C28H31ClN4O6. The molecule has 3 rings (SSSR count). The number of hydrogen-bond acceptors (Lipinski definition) is 8. The average molecular weight is 555 g/mol. The quantitative estimate of drug-likeness (QED) is 0.167. The summed E-state index contributed by atoms with van der Waals surface area (Å²) < 4.78 is 16.6. The summed E-state index contributed by atoms with van der Waals surface area (Å²) in [5.74, 6) is 0.00428. The summed E-state index contributed by atoms with van der Waals surface area (Å²) in [5, 5.41) is 16.3. The maximum atomic E-state index is 12.3. The van der Waals surface area contributed by atoms with Gasteiger partial charge in [-0.25, -0.2) is 5.43 Å². The third-order valence-electron chi connectivity index (χ3n) is 5.61. The number of rotatable bonds is 13. The summed E-state index contributed by atoms with van der Waals surface area (Å²) in [6, 6.07) is 17.3. The molecule has 11 heteroatoms. The van der Waals surface area contributed by atoms with E-state index in [2.05, 4.69) is 20.7 Å². The minimum absolute atomic E-state index is 0.0565. The Morgan fingerprint density at radius 3 is 2.38 bits per heavy atom. The van der Waals surface area contributed by atoms with Crippen LogP contribution in [0.4, 0.5) is 5.69 Å². The van der Waals surface area contributed by atoms with Gasteiger partial charge in [-0.05, 0) is 48.9 Å². The molecule has 0 bridgehead atoms. The highest BCUT2D eigenvalue weighted by molar-refractivity contribution is 6.32. The number of phenolic OH excluding ortho intramolecular Hbond substituents is 1. The van der Waals surface area contributed by atoms with Crippen molar-refractivity contribution in [2.75, 3.05) is 45.9 Å². The van der Waals surface area contributed by atoms with Crippen LogP contribution in [0, 0.1) is 0 Å². The second-order valence-corrected chi connectivity index (χ2v) is 8.78. The number of amides is 2. The van der Waals surface area contributed by atoms with Gasteiger partial charge in [0.25, 0.3) is 11.8 Å². The molecule has 39 heavy (non-hydrogen) atoms. The van der Waals surface area contributed by atoms with Gasteiger partial charge in [-0.15, -0.1) is 0 Å². The average Bonchev–Trinajstić information content (AvgIpc) is 2.95. The molecule has 0 saturated carbocycles. The fourth-order valence-electron chi connectivity index (χ4n) is 3.54. The molecule has 0 aromatic heterocycles. The van der Waals surface area contributed by atoms with E-state index in [4.69, 9.17) is 25.8 Å². The molecule has 0 spiro atoms. The summed E-state index contributed by atoms with van der Waals surface area (Å²) in [7, 11) is 4.93. The van der Waals surface area contributed by atoms with Crippen LogP contribution in [-0.2, 0) is 4.79 Å². The molecule has 0 aliphatic carbocycles. The lowest BCUT2D eigenvalue weighted by Crippen LogP contribution is -2.31. The number of ether oxygens (including phenoxy) is 3. The fraction of sp³-hybridized carbons (Fsp3) is 0.250. The molecule has 3 N–H and O–H groups in total. The second-order valence-electron chi connectivity index (χ2n) is 8.37. The van der Waals surface area contributed by atoms with E-state index >= 15 is 0 Å². The van der Waals surface area contributed by atoms with Crippen molar-refractivity contribution in [3.8, 4) is 23.0 Å². The Morgan fingerprint density at radius 2 is 1.74 bits per heavy atom. The molecule has 2 amide bonds. The minimum atomic E-state index is -0.509. The Labute approximate surface area is 232 Å². The van der Waals surface area contributed by atoms with Crippen LogP contribution in [0.15, 0.2) is 65.8 Å². The summed E-state index contributed by atoms with van der Waals surface area (Å²) in [6.07, 6.45) is 2.17. The Balaban J connectivity index is 1.53. The number of hydrogen-bond donors (Lipinski definition) is 3. The molecule has 0 aliphatic rings. The number of methoxy groups -OCH3 is 2. The predicted octanol–water partition coefficient (Wildman–Crippen LogP) is 3.85. The van der Waals surface area contributed by atoms with Crippen LogP contribution in [-0.4, -0.2) is 64.1 Å². The number of halogens is 1. The van der Waals surface area contributed by atoms with Crippen LogP contribution in [0.25, 0.3) is 0 Å². The molecule has 0 unspecified atom stereocenters. The summed E-state index contributed by atoms with van der Waals surface area (Å²) in [5.41, 5.74) is 4.28. The molecule has 0 heterocycles. The number of nitrogens with one attached hydrogen (secondary N) is 2. The van der Waals surface area contributed by atoms with Crippen molar-refractivity contribution in [3.05, 3.63) is 76.8 Å². The number of para-hydroxylation sites is 1. The van der Waals surface area contributed by atoms with Gasteiger partial charge >= 0.3 is 0 Å². The van der Waals surface area contributed by atoms with Crippen LogP contribution in [0.2, 0.25) is 5.02 Å². The monoisotopic (exact) mass is 554 g/mol. The first-order valence-corrected chi connectivity index (χ1v) is 12.4. The number of phenols is 1. The molecule has 3 aromatic rings. The molecule has 10 nitrogen and oxygen atoms in total. The maximum absolute atomic E-state index is 12.3. The maximum Gasteiger partial charge on any atom is 0.271 e. The van der Waals surface area contributed by atoms with Gasteiger partial charge in [-0.3, -0.25) is 9.59 Å². The third-order valence-corrected chi connectivity index (χ3v) is 5.91. The van der Waals surface area contributed by atoms with Gasteiger partial charge in [0.05, 0.1) is 25.5 Å². The zero-order chi connectivity index (χ0) is 28.2. The molecule has 0 fully saturated rings. The Hall–Kier alpha value is -4.44. The van der Waals surface area contributed by atoms with Gasteiger partial charge in [0, 0.05) is 37.0 Å². The minimum Gasteiger partial charge on any atom is -0.506 e. The van der Waals surface area contributed by atoms with E-state index in [9.17, 15) is 14.7 Å². The zero-order valence-electron chi connectivity index (χ0n) is 21.9. The van der Waals surface area contributed by atoms with E-state index in [-0.39, 0.29) is 34.6 Å². The molecule has 0 atom stereocenters. The number of carbonyl (C=O) groups is 2. The topological polar surface area (TPSA) is 122 Å². The number of benzene rings is 3. The number of aromatic hydroxyl groups is 1. The van der Waals surface area contributed by atoms with Gasteiger partial charge < -0.3 is 29.5 Å². The van der Waals surface area contributed by atoms with Crippen LogP contribution < -0.4 is 29.9 Å². The smallest absolute Gasteiger partial charge is 0.271 e. The highest BCUT2D eigenvalue weighted by Crippen LogP contribution is 2.38. The van der Waals surface area contributed by atoms with Crippen LogP contribution in [0.5, 0.6) is 23.0 Å². The standard InChI is InChI=1S/C28H31ClN4O6/c1-33(21-8-5-4-6-9-21)13-7-12-30-26(35)18-39-27-24(37-2)14-19(15-25(27)38-3)17-31-32-28(36)20-10-11-23(34)22(29)16-20/h4-6,8-11,14-17,34H,7,12-13,18H2,1-3H3,(H,30,35)(H,32,36)/b31-17+. The van der Waals surface area contributed by atoms with Crippen molar-refractivity contribution in [1.82, 2.24) is 10.7 Å². The summed E-state index contributed by atoms with van der Waals surface area (Å²) in [4.78, 5) is 26.7. The number of nitrogens with zero attached hydrogens (tertiary/aromatic N) is 2. The highest BCUT2D eigenvalue weighted by atomic mass is 35.5. The molecule has 206 valence electrons. The first kappa shape index (κ1) is 29.1. The molecule has 0 radical (unpaired) electrons. The van der Waals surface area contributed by atoms with Gasteiger partial charge in [0.1, 0.15) is 5.75 Å². The second kappa shape index (κ2) is 14.5. The Morgan fingerprint density at radius 1 is 1.05 bits per heavy atom. The largest absolute Gasteiger partial charge is 0.506 e. The number of carbonyl (C=O) groups excluding carboxylic acids is 2. The van der Waals surface area contributed by atoms with Crippen molar-refractivity contribution in [3.63, 3.8) is 0 Å². The van der Waals surface area contributed by atoms with Crippen LogP contribution in [0.3, 0.4) is 0 Å². The van der Waals surface area contributed by atoms with E-state index in [1.165, 1.54) is 38.6 Å². The molecule has 0 saturated heterocycles. The number of anilines is 1. The first-order chi connectivity index (χ1) is 18.8. The van der Waals surface area contributed by atoms with E-state index in [1.54, 1.807) is 12.1 Å². The highest BCUT2D eigenvalue weighted by Gasteiger charge is 2.16. The normalized spacial score (nSPS) is 10.7. The van der Waals surface area contributed by atoms with Crippen LogP contribution >= 0.6 is 11.6 Å². The van der Waals surface area contributed by atoms with Crippen molar-refractivity contribution in [2.45, 2.75) is 6.42 Å². The summed E-state index contributed by atoms with van der Waals surface area (Å²) in [6.45, 7) is 1.07. The van der Waals surface area contributed by atoms with Gasteiger partial charge in [-0.2, -0.15) is 5.10 Å². The van der Waals surface area contributed by atoms with Crippen LogP contribution in [0.1, 0.15) is 22.3 Å². The Bertz CT molecular complexity index is 1280.